The number of carbonyl (C=O) groups is 1. The molecule has 0 saturated heterocycles. The van der Waals surface area contributed by atoms with Crippen LogP contribution in [-0.4, -0.2) is 25.5 Å². The van der Waals surface area contributed by atoms with Gasteiger partial charge in [0.25, 0.3) is 0 Å². The van der Waals surface area contributed by atoms with E-state index in [1.54, 1.807) is 13.2 Å². The van der Waals surface area contributed by atoms with Gasteiger partial charge in [-0.2, -0.15) is 0 Å². The van der Waals surface area contributed by atoms with Crippen molar-refractivity contribution in [1.29, 1.82) is 0 Å². The predicted molar refractivity (Wildman–Crippen MR) is 69.8 cm³/mol. The van der Waals surface area contributed by atoms with Crippen LogP contribution in [0.2, 0.25) is 5.02 Å². The van der Waals surface area contributed by atoms with Crippen LogP contribution in [0.5, 0.6) is 11.5 Å². The van der Waals surface area contributed by atoms with Gasteiger partial charge in [-0.25, -0.2) is 0 Å². The second kappa shape index (κ2) is 5.16. The van der Waals surface area contributed by atoms with Crippen molar-refractivity contribution >= 4 is 17.4 Å². The Kier molecular flexibility index (Phi) is 3.78. The molecule has 0 aromatic heterocycles. The second-order valence-corrected chi connectivity index (χ2v) is 4.72. The van der Waals surface area contributed by atoms with Crippen molar-refractivity contribution in [3.05, 3.63) is 22.2 Å². The Morgan fingerprint density at radius 2 is 2.39 bits per heavy atom. The first kappa shape index (κ1) is 13.2. The summed E-state index contributed by atoms with van der Waals surface area (Å²) >= 11 is 6.28. The summed E-state index contributed by atoms with van der Waals surface area (Å²) in [6.07, 6.45) is 1.01. The molecule has 1 aromatic rings. The lowest BCUT2D eigenvalue weighted by Crippen LogP contribution is -2.09. The summed E-state index contributed by atoms with van der Waals surface area (Å²) in [7, 11) is 1.55. The average molecular weight is 270 g/mol. The standard InChI is InChI=1S/C13H16ClNO3/c1-7-5-9-12(14)8(10(16)3-4-15)6-11(17-2)13(9)18-7/h6-7H,3-5,15H2,1-2H3. The van der Waals surface area contributed by atoms with Gasteiger partial charge in [0.15, 0.2) is 17.3 Å². The topological polar surface area (TPSA) is 61.5 Å². The molecule has 1 heterocycles. The van der Waals surface area contributed by atoms with E-state index in [9.17, 15) is 4.79 Å². The number of ether oxygens (including phenoxy) is 2. The number of benzene rings is 1. The van der Waals surface area contributed by atoms with E-state index in [0.29, 0.717) is 35.1 Å². The Labute approximate surface area is 111 Å². The molecule has 98 valence electrons. The summed E-state index contributed by atoms with van der Waals surface area (Å²) in [4.78, 5) is 12.0. The van der Waals surface area contributed by atoms with Gasteiger partial charge in [0, 0.05) is 24.0 Å². The van der Waals surface area contributed by atoms with Crippen molar-refractivity contribution in [2.24, 2.45) is 5.73 Å². The third-order valence-electron chi connectivity index (χ3n) is 2.98. The molecule has 18 heavy (non-hydrogen) atoms. The van der Waals surface area contributed by atoms with Crippen molar-refractivity contribution in [2.45, 2.75) is 25.9 Å². The van der Waals surface area contributed by atoms with Gasteiger partial charge in [-0.15, -0.1) is 0 Å². The normalized spacial score (nSPS) is 17.2. The zero-order valence-corrected chi connectivity index (χ0v) is 11.2. The highest BCUT2D eigenvalue weighted by atomic mass is 35.5. The number of hydrogen-bond acceptors (Lipinski definition) is 4. The number of fused-ring (bicyclic) bond motifs is 1. The monoisotopic (exact) mass is 269 g/mol. The highest BCUT2D eigenvalue weighted by molar-refractivity contribution is 6.35. The smallest absolute Gasteiger partial charge is 0.166 e. The minimum Gasteiger partial charge on any atom is -0.493 e. The van der Waals surface area contributed by atoms with Crippen LogP contribution in [0.3, 0.4) is 0 Å². The third-order valence-corrected chi connectivity index (χ3v) is 3.41. The summed E-state index contributed by atoms with van der Waals surface area (Å²) in [5.74, 6) is 1.14. The first-order valence-corrected chi connectivity index (χ1v) is 6.25. The largest absolute Gasteiger partial charge is 0.493 e. The molecule has 2 N–H and O–H groups in total. The maximum Gasteiger partial charge on any atom is 0.166 e. The maximum absolute atomic E-state index is 12.0. The van der Waals surface area contributed by atoms with Crippen LogP contribution in [0, 0.1) is 0 Å². The van der Waals surface area contributed by atoms with E-state index in [2.05, 4.69) is 0 Å². The van der Waals surface area contributed by atoms with Crippen LogP contribution in [0.4, 0.5) is 0 Å². The first-order valence-electron chi connectivity index (χ1n) is 5.87. The summed E-state index contributed by atoms with van der Waals surface area (Å²) in [6.45, 7) is 2.26. The molecule has 1 aliphatic heterocycles. The van der Waals surface area contributed by atoms with Gasteiger partial charge in [0.1, 0.15) is 6.10 Å². The van der Waals surface area contributed by atoms with Crippen molar-refractivity contribution in [3.8, 4) is 11.5 Å². The number of rotatable bonds is 4. The number of ketones is 1. The zero-order chi connectivity index (χ0) is 13.3. The Morgan fingerprint density at radius 3 is 3.00 bits per heavy atom. The lowest BCUT2D eigenvalue weighted by molar-refractivity contribution is 0.0985. The van der Waals surface area contributed by atoms with Crippen LogP contribution < -0.4 is 15.2 Å². The lowest BCUT2D eigenvalue weighted by atomic mass is 10.0. The molecule has 0 spiro atoms. The van der Waals surface area contributed by atoms with Crippen LogP contribution in [-0.2, 0) is 6.42 Å². The SMILES string of the molecule is COc1cc(C(=O)CCN)c(Cl)c2c1OC(C)C2. The Hall–Kier alpha value is -1.26. The number of carbonyl (C=O) groups excluding carboxylic acids is 1. The summed E-state index contributed by atoms with van der Waals surface area (Å²) in [5, 5.41) is 0.466. The molecule has 1 aromatic carbocycles. The number of methoxy groups -OCH3 is 1. The minimum absolute atomic E-state index is 0.0475. The van der Waals surface area contributed by atoms with Crippen LogP contribution in [0.1, 0.15) is 29.3 Å². The molecular weight excluding hydrogens is 254 g/mol. The Balaban J connectivity index is 2.51. The predicted octanol–water partition coefficient (Wildman–Crippen LogP) is 2.20. The molecular formula is C13H16ClNO3. The molecule has 0 bridgehead atoms. The second-order valence-electron chi connectivity index (χ2n) is 4.34. The molecule has 0 saturated carbocycles. The van der Waals surface area contributed by atoms with Gasteiger partial charge < -0.3 is 15.2 Å². The quantitative estimate of drug-likeness (QED) is 0.852. The summed E-state index contributed by atoms with van der Waals surface area (Å²) in [6, 6.07) is 1.64. The summed E-state index contributed by atoms with van der Waals surface area (Å²) < 4.78 is 10.9. The fraction of sp³-hybridized carbons (Fsp3) is 0.462. The molecule has 4 nitrogen and oxygen atoms in total. The molecule has 0 amide bonds. The van der Waals surface area contributed by atoms with Crippen molar-refractivity contribution in [3.63, 3.8) is 0 Å². The van der Waals surface area contributed by atoms with E-state index >= 15 is 0 Å². The van der Waals surface area contributed by atoms with Gasteiger partial charge in [-0.05, 0) is 19.5 Å². The van der Waals surface area contributed by atoms with Gasteiger partial charge in [0.2, 0.25) is 0 Å². The highest BCUT2D eigenvalue weighted by Gasteiger charge is 2.29. The average Bonchev–Trinajstić information content (AvgIpc) is 2.72. The molecule has 0 fully saturated rings. The first-order chi connectivity index (χ1) is 8.58. The fourth-order valence-electron chi connectivity index (χ4n) is 2.13. The Bertz CT molecular complexity index is 488. The molecule has 2 rings (SSSR count). The van der Waals surface area contributed by atoms with Crippen molar-refractivity contribution in [1.82, 2.24) is 0 Å². The van der Waals surface area contributed by atoms with Gasteiger partial charge >= 0.3 is 0 Å². The fourth-order valence-corrected chi connectivity index (χ4v) is 2.46. The Morgan fingerprint density at radius 1 is 1.67 bits per heavy atom. The van der Waals surface area contributed by atoms with E-state index in [1.807, 2.05) is 6.92 Å². The summed E-state index contributed by atoms with van der Waals surface area (Å²) in [5.41, 5.74) is 6.72. The van der Waals surface area contributed by atoms with Crippen molar-refractivity contribution < 1.29 is 14.3 Å². The van der Waals surface area contributed by atoms with E-state index in [1.165, 1.54) is 0 Å². The number of halogens is 1. The van der Waals surface area contributed by atoms with Crippen LogP contribution in [0.25, 0.3) is 0 Å². The minimum atomic E-state index is -0.0665. The van der Waals surface area contributed by atoms with E-state index in [0.717, 1.165) is 5.56 Å². The number of nitrogens with two attached hydrogens (primary N) is 1. The van der Waals surface area contributed by atoms with E-state index < -0.39 is 0 Å². The van der Waals surface area contributed by atoms with E-state index in [-0.39, 0.29) is 18.3 Å². The lowest BCUT2D eigenvalue weighted by Gasteiger charge is -2.12. The van der Waals surface area contributed by atoms with Gasteiger partial charge in [-0.3, -0.25) is 4.79 Å². The van der Waals surface area contributed by atoms with Gasteiger partial charge in [0.05, 0.1) is 12.1 Å². The molecule has 1 atom stereocenters. The van der Waals surface area contributed by atoms with E-state index in [4.69, 9.17) is 26.8 Å². The number of Topliss-reactive ketones (excluding diaryl/α,β-unsaturated/α-hetero) is 1. The van der Waals surface area contributed by atoms with Crippen LogP contribution in [0.15, 0.2) is 6.07 Å². The zero-order valence-electron chi connectivity index (χ0n) is 10.5. The molecule has 5 heteroatoms. The molecule has 1 aliphatic rings. The molecule has 0 radical (unpaired) electrons. The highest BCUT2D eigenvalue weighted by Crippen LogP contribution is 2.44. The van der Waals surface area contributed by atoms with Gasteiger partial charge in [-0.1, -0.05) is 11.6 Å². The van der Waals surface area contributed by atoms with Crippen molar-refractivity contribution in [2.75, 3.05) is 13.7 Å². The maximum atomic E-state index is 12.0. The third kappa shape index (κ3) is 2.18. The number of hydrogen-bond donors (Lipinski definition) is 1. The van der Waals surface area contributed by atoms with Crippen LogP contribution >= 0.6 is 11.6 Å². The molecule has 0 aliphatic carbocycles. The molecule has 1 unspecified atom stereocenters.